The Bertz CT molecular complexity index is 437. The number of hydrogen-bond acceptors (Lipinski definition) is 1. The molecule has 0 aliphatic heterocycles. The molecule has 2 rings (SSSR count). The molecule has 0 atom stereocenters. The summed E-state index contributed by atoms with van der Waals surface area (Å²) in [7, 11) is 0. The maximum Gasteiger partial charge on any atom is 0.0136 e. The molecule has 13 heavy (non-hydrogen) atoms. The van der Waals surface area contributed by atoms with Gasteiger partial charge in [0.15, 0.2) is 0 Å². The van der Waals surface area contributed by atoms with Crippen molar-refractivity contribution in [2.24, 2.45) is 0 Å². The lowest BCUT2D eigenvalue weighted by Gasteiger charge is -2.00. The molecule has 0 radical (unpaired) electrons. The van der Waals surface area contributed by atoms with Crippen LogP contribution in [0.2, 0.25) is 0 Å². The van der Waals surface area contributed by atoms with Crippen molar-refractivity contribution in [2.45, 2.75) is 4.90 Å². The van der Waals surface area contributed by atoms with Gasteiger partial charge in [-0.3, -0.25) is 0 Å². The molecule has 0 saturated heterocycles. The number of rotatable bonds is 1. The molecule has 2 aromatic carbocycles. The Balaban J connectivity index is 2.66. The van der Waals surface area contributed by atoms with E-state index in [1.54, 1.807) is 11.8 Å². The molecule has 0 nitrogen and oxygen atoms in total. The predicted octanol–water partition coefficient (Wildman–Crippen LogP) is 4.17. The van der Waals surface area contributed by atoms with Gasteiger partial charge in [0.05, 0.1) is 0 Å². The lowest BCUT2D eigenvalue weighted by Crippen LogP contribution is -1.76. The zero-order chi connectivity index (χ0) is 9.26. The molecule has 0 saturated carbocycles. The highest BCUT2D eigenvalue weighted by Crippen LogP contribution is 2.23. The van der Waals surface area contributed by atoms with Crippen LogP contribution in [0.15, 0.2) is 41.3 Å². The van der Waals surface area contributed by atoms with Gasteiger partial charge in [-0.2, -0.15) is 0 Å². The van der Waals surface area contributed by atoms with Crippen LogP contribution in [0.5, 0.6) is 0 Å². The van der Waals surface area contributed by atoms with Crippen molar-refractivity contribution < 1.29 is 0 Å². The topological polar surface area (TPSA) is 0 Å². The second-order valence-electron chi connectivity index (χ2n) is 2.86. The van der Waals surface area contributed by atoms with Crippen molar-refractivity contribution >= 4 is 45.1 Å². The lowest BCUT2D eigenvalue weighted by atomic mass is 10.1. The Morgan fingerprint density at radius 2 is 1.69 bits per heavy atom. The van der Waals surface area contributed by atoms with Gasteiger partial charge < -0.3 is 0 Å². The van der Waals surface area contributed by atoms with Crippen LogP contribution >= 0.6 is 34.4 Å². The van der Waals surface area contributed by atoms with Crippen molar-refractivity contribution in [3.8, 4) is 0 Å². The molecule has 0 unspecified atom stereocenters. The van der Waals surface area contributed by atoms with Gasteiger partial charge in [-0.25, -0.2) is 0 Å². The van der Waals surface area contributed by atoms with Crippen LogP contribution in [-0.2, 0) is 0 Å². The first kappa shape index (κ1) is 9.34. The van der Waals surface area contributed by atoms with Gasteiger partial charge in [-0.05, 0) is 63.9 Å². The summed E-state index contributed by atoms with van der Waals surface area (Å²) in [6.45, 7) is 0. The third kappa shape index (κ3) is 1.99. The molecular formula is C11H9IS. The molecule has 0 heterocycles. The molecule has 0 aliphatic rings. The van der Waals surface area contributed by atoms with Gasteiger partial charge >= 0.3 is 0 Å². The summed E-state index contributed by atoms with van der Waals surface area (Å²) in [6.07, 6.45) is 2.11. The standard InChI is InChI=1S/C11H9IS/c1-13-11-5-3-8-6-10(12)4-2-9(8)7-11/h2-7H,1H3. The Morgan fingerprint density at radius 3 is 2.46 bits per heavy atom. The van der Waals surface area contributed by atoms with E-state index in [1.165, 1.54) is 19.2 Å². The van der Waals surface area contributed by atoms with Gasteiger partial charge in [-0.15, -0.1) is 11.8 Å². The summed E-state index contributed by atoms with van der Waals surface area (Å²) in [6, 6.07) is 13.1. The molecule has 0 fully saturated rings. The molecular weight excluding hydrogens is 291 g/mol. The number of benzene rings is 2. The predicted molar refractivity (Wildman–Crippen MR) is 68.4 cm³/mol. The van der Waals surface area contributed by atoms with Gasteiger partial charge in [0.1, 0.15) is 0 Å². The average Bonchev–Trinajstić information content (AvgIpc) is 2.17. The number of hydrogen-bond donors (Lipinski definition) is 0. The van der Waals surface area contributed by atoms with E-state index in [-0.39, 0.29) is 0 Å². The molecule has 0 aliphatic carbocycles. The first-order valence-corrected chi connectivity index (χ1v) is 6.33. The van der Waals surface area contributed by atoms with Crippen LogP contribution in [-0.4, -0.2) is 6.26 Å². The monoisotopic (exact) mass is 300 g/mol. The first-order valence-electron chi connectivity index (χ1n) is 4.03. The smallest absolute Gasteiger partial charge is 0.0136 e. The van der Waals surface area contributed by atoms with E-state index in [0.717, 1.165) is 0 Å². The van der Waals surface area contributed by atoms with E-state index in [9.17, 15) is 0 Å². The van der Waals surface area contributed by atoms with Crippen molar-refractivity contribution in [3.63, 3.8) is 0 Å². The second kappa shape index (κ2) is 3.88. The Labute approximate surface area is 95.9 Å². The Hall–Kier alpha value is -0.220. The third-order valence-corrected chi connectivity index (χ3v) is 3.41. The van der Waals surface area contributed by atoms with Gasteiger partial charge in [0, 0.05) is 8.47 Å². The molecule has 66 valence electrons. The first-order chi connectivity index (χ1) is 6.29. The summed E-state index contributed by atoms with van der Waals surface area (Å²) >= 11 is 4.13. The summed E-state index contributed by atoms with van der Waals surface area (Å²) < 4.78 is 1.29. The van der Waals surface area contributed by atoms with Gasteiger partial charge in [0.2, 0.25) is 0 Å². The Morgan fingerprint density at radius 1 is 1.00 bits per heavy atom. The highest BCUT2D eigenvalue weighted by atomic mass is 127. The molecule has 2 heteroatoms. The molecule has 0 bridgehead atoms. The van der Waals surface area contributed by atoms with Gasteiger partial charge in [0.25, 0.3) is 0 Å². The summed E-state index contributed by atoms with van der Waals surface area (Å²) in [5.74, 6) is 0. The zero-order valence-corrected chi connectivity index (χ0v) is 10.2. The lowest BCUT2D eigenvalue weighted by molar-refractivity contribution is 1.51. The SMILES string of the molecule is CSc1ccc2cc(I)ccc2c1. The Kier molecular flexibility index (Phi) is 2.79. The van der Waals surface area contributed by atoms with Crippen molar-refractivity contribution in [1.29, 1.82) is 0 Å². The van der Waals surface area contributed by atoms with E-state index in [1.807, 2.05) is 0 Å². The minimum atomic E-state index is 1.29. The molecule has 0 amide bonds. The van der Waals surface area contributed by atoms with E-state index < -0.39 is 0 Å². The van der Waals surface area contributed by atoms with Crippen LogP contribution in [0.1, 0.15) is 0 Å². The van der Waals surface area contributed by atoms with Crippen molar-refractivity contribution in [3.05, 3.63) is 40.0 Å². The van der Waals surface area contributed by atoms with Gasteiger partial charge in [-0.1, -0.05) is 12.1 Å². The maximum atomic E-state index is 2.34. The van der Waals surface area contributed by atoms with E-state index in [4.69, 9.17) is 0 Å². The average molecular weight is 300 g/mol. The number of fused-ring (bicyclic) bond motifs is 1. The number of thioether (sulfide) groups is 1. The molecule has 2 aromatic rings. The van der Waals surface area contributed by atoms with Crippen molar-refractivity contribution in [1.82, 2.24) is 0 Å². The fourth-order valence-corrected chi connectivity index (χ4v) is 2.29. The zero-order valence-electron chi connectivity index (χ0n) is 7.25. The largest absolute Gasteiger partial charge is 0.130 e. The fraction of sp³-hybridized carbons (Fsp3) is 0.0909. The maximum absolute atomic E-state index is 2.34. The highest BCUT2D eigenvalue weighted by molar-refractivity contribution is 14.1. The summed E-state index contributed by atoms with van der Waals surface area (Å²) in [5.41, 5.74) is 0. The van der Waals surface area contributed by atoms with Crippen LogP contribution in [0.4, 0.5) is 0 Å². The van der Waals surface area contributed by atoms with E-state index in [2.05, 4.69) is 65.2 Å². The molecule has 0 spiro atoms. The van der Waals surface area contributed by atoms with Crippen LogP contribution in [0.25, 0.3) is 10.8 Å². The van der Waals surface area contributed by atoms with Crippen molar-refractivity contribution in [2.75, 3.05) is 6.26 Å². The fourth-order valence-electron chi connectivity index (χ4n) is 1.32. The number of halogens is 1. The minimum Gasteiger partial charge on any atom is -0.130 e. The summed E-state index contributed by atoms with van der Waals surface area (Å²) in [5, 5.41) is 2.65. The normalized spacial score (nSPS) is 10.6. The van der Waals surface area contributed by atoms with E-state index in [0.29, 0.717) is 0 Å². The van der Waals surface area contributed by atoms with Crippen LogP contribution < -0.4 is 0 Å². The highest BCUT2D eigenvalue weighted by Gasteiger charge is 1.95. The minimum absolute atomic E-state index is 1.29. The quantitative estimate of drug-likeness (QED) is 0.563. The summed E-state index contributed by atoms with van der Waals surface area (Å²) in [4.78, 5) is 1.33. The molecule has 0 N–H and O–H groups in total. The van der Waals surface area contributed by atoms with E-state index >= 15 is 0 Å². The van der Waals surface area contributed by atoms with Crippen LogP contribution in [0.3, 0.4) is 0 Å². The van der Waals surface area contributed by atoms with Crippen LogP contribution in [0, 0.1) is 3.57 Å². The third-order valence-electron chi connectivity index (χ3n) is 2.01. The molecule has 0 aromatic heterocycles. The second-order valence-corrected chi connectivity index (χ2v) is 4.98.